The van der Waals surface area contributed by atoms with Crippen LogP contribution in [0.2, 0.25) is 0 Å². The van der Waals surface area contributed by atoms with E-state index in [0.29, 0.717) is 11.3 Å². The molecule has 34 heavy (non-hydrogen) atoms. The number of benzene rings is 3. The molecule has 0 aliphatic rings. The van der Waals surface area contributed by atoms with Gasteiger partial charge in [0, 0.05) is 23.5 Å². The molecule has 0 aliphatic carbocycles. The number of carbonyl (C=O) groups excluding carboxylic acids is 1. The second-order valence-corrected chi connectivity index (χ2v) is 8.93. The molecule has 0 radical (unpaired) electrons. The summed E-state index contributed by atoms with van der Waals surface area (Å²) in [5.74, 6) is -0.180. The first kappa shape index (κ1) is 24.7. The van der Waals surface area contributed by atoms with E-state index in [9.17, 15) is 26.4 Å². The fourth-order valence-corrected chi connectivity index (χ4v) is 4.28. The number of halogens is 3. The van der Waals surface area contributed by atoms with Crippen molar-refractivity contribution in [3.05, 3.63) is 90.0 Å². The number of anilines is 2. The van der Waals surface area contributed by atoms with E-state index in [0.717, 1.165) is 12.1 Å². The van der Waals surface area contributed by atoms with Crippen LogP contribution in [0.5, 0.6) is 0 Å². The lowest BCUT2D eigenvalue weighted by atomic mass is 10.2. The van der Waals surface area contributed by atoms with Gasteiger partial charge in [0.1, 0.15) is 5.84 Å². The number of nitrogens with two attached hydrogens (primary N) is 1. The molecule has 12 heteroatoms. The van der Waals surface area contributed by atoms with Gasteiger partial charge in [0.2, 0.25) is 10.0 Å². The summed E-state index contributed by atoms with van der Waals surface area (Å²) >= 11 is 0. The Hall–Kier alpha value is -3.90. The third-order valence-electron chi connectivity index (χ3n) is 4.58. The standard InChI is InChI=1S/C22H20F3N5O3S/c23-22(24,25)30(14-15-5-2-1-3-6-15)34(32,33)19-11-9-17(10-12-19)28-21(31)29-18-8-4-7-16(13-18)20(26)27/h1-13H,14H2,(H3,26,27)(H2,28,29,31). The second-order valence-electron chi connectivity index (χ2n) is 7.06. The maximum atomic E-state index is 13.6. The van der Waals surface area contributed by atoms with Gasteiger partial charge < -0.3 is 16.4 Å². The summed E-state index contributed by atoms with van der Waals surface area (Å²) in [4.78, 5) is 11.6. The first-order valence-corrected chi connectivity index (χ1v) is 11.2. The molecule has 5 N–H and O–H groups in total. The zero-order chi connectivity index (χ0) is 24.9. The fraction of sp³-hybridized carbons (Fsp3) is 0.0909. The topological polar surface area (TPSA) is 128 Å². The molecule has 2 amide bonds. The van der Waals surface area contributed by atoms with E-state index in [2.05, 4.69) is 10.6 Å². The molecular formula is C22H20F3N5O3S. The van der Waals surface area contributed by atoms with E-state index >= 15 is 0 Å². The summed E-state index contributed by atoms with van der Waals surface area (Å²) in [6.45, 7) is -0.881. The van der Waals surface area contributed by atoms with Crippen molar-refractivity contribution >= 4 is 33.3 Å². The van der Waals surface area contributed by atoms with Gasteiger partial charge in [-0.15, -0.1) is 4.31 Å². The largest absolute Gasteiger partial charge is 0.473 e. The molecular weight excluding hydrogens is 471 g/mol. The zero-order valence-corrected chi connectivity index (χ0v) is 18.3. The summed E-state index contributed by atoms with van der Waals surface area (Å²) in [5.41, 5.74) is 6.49. The molecule has 3 aromatic carbocycles. The highest BCUT2D eigenvalue weighted by Gasteiger charge is 2.46. The molecule has 0 bridgehead atoms. The molecule has 3 aromatic rings. The molecule has 0 saturated carbocycles. The average molecular weight is 491 g/mol. The molecule has 0 heterocycles. The molecule has 0 fully saturated rings. The Balaban J connectivity index is 1.74. The third-order valence-corrected chi connectivity index (χ3v) is 6.37. The van der Waals surface area contributed by atoms with Gasteiger partial charge in [-0.25, -0.2) is 13.2 Å². The van der Waals surface area contributed by atoms with Crippen molar-refractivity contribution < 1.29 is 26.4 Å². The van der Waals surface area contributed by atoms with Crippen molar-refractivity contribution in [1.29, 1.82) is 5.41 Å². The van der Waals surface area contributed by atoms with E-state index < -0.39 is 38.1 Å². The number of hydrogen-bond acceptors (Lipinski definition) is 4. The van der Waals surface area contributed by atoms with E-state index in [-0.39, 0.29) is 17.1 Å². The summed E-state index contributed by atoms with van der Waals surface area (Å²) in [7, 11) is -4.92. The van der Waals surface area contributed by atoms with Crippen LogP contribution in [0.1, 0.15) is 11.1 Å². The normalized spacial score (nSPS) is 11.8. The number of nitrogens with one attached hydrogen (secondary N) is 3. The van der Waals surface area contributed by atoms with Crippen LogP contribution in [0.15, 0.2) is 83.8 Å². The summed E-state index contributed by atoms with van der Waals surface area (Å²) in [6.07, 6.45) is -5.14. The van der Waals surface area contributed by atoms with Crippen molar-refractivity contribution in [1.82, 2.24) is 4.31 Å². The number of hydrogen-bond donors (Lipinski definition) is 4. The molecule has 0 atom stereocenters. The lowest BCUT2D eigenvalue weighted by molar-refractivity contribution is -0.213. The van der Waals surface area contributed by atoms with Crippen LogP contribution in [0.3, 0.4) is 0 Å². The first-order chi connectivity index (χ1) is 16.0. The van der Waals surface area contributed by atoms with Gasteiger partial charge in [0.25, 0.3) is 0 Å². The number of urea groups is 1. The van der Waals surface area contributed by atoms with Crippen LogP contribution in [0.4, 0.5) is 29.3 Å². The smallest absolute Gasteiger partial charge is 0.384 e. The Morgan fingerprint density at radius 2 is 1.53 bits per heavy atom. The number of nitrogen functional groups attached to an aromatic ring is 1. The van der Waals surface area contributed by atoms with E-state index in [4.69, 9.17) is 11.1 Å². The monoisotopic (exact) mass is 491 g/mol. The lowest BCUT2D eigenvalue weighted by Gasteiger charge is -2.24. The van der Waals surface area contributed by atoms with Gasteiger partial charge in [-0.05, 0) is 42.0 Å². The Labute approximate surface area is 193 Å². The Bertz CT molecular complexity index is 1280. The first-order valence-electron chi connectivity index (χ1n) is 9.73. The number of sulfonamides is 1. The zero-order valence-electron chi connectivity index (χ0n) is 17.5. The average Bonchev–Trinajstić information content (AvgIpc) is 2.78. The van der Waals surface area contributed by atoms with Crippen LogP contribution >= 0.6 is 0 Å². The maximum Gasteiger partial charge on any atom is 0.473 e. The molecule has 178 valence electrons. The van der Waals surface area contributed by atoms with E-state index in [1.807, 2.05) is 0 Å². The van der Waals surface area contributed by atoms with Crippen molar-refractivity contribution in [2.24, 2.45) is 5.73 Å². The third kappa shape index (κ3) is 6.11. The van der Waals surface area contributed by atoms with Crippen molar-refractivity contribution in [2.45, 2.75) is 17.7 Å². The lowest BCUT2D eigenvalue weighted by Crippen LogP contribution is -2.42. The highest BCUT2D eigenvalue weighted by molar-refractivity contribution is 7.89. The molecule has 0 aromatic heterocycles. The number of nitrogens with zero attached hydrogens (tertiary/aromatic N) is 1. The van der Waals surface area contributed by atoms with Crippen LogP contribution in [0, 0.1) is 5.41 Å². The molecule has 0 aliphatic heterocycles. The van der Waals surface area contributed by atoms with Gasteiger partial charge in [-0.1, -0.05) is 42.5 Å². The minimum atomic E-state index is -5.14. The van der Waals surface area contributed by atoms with Crippen LogP contribution < -0.4 is 16.4 Å². The highest BCUT2D eigenvalue weighted by atomic mass is 32.2. The summed E-state index contributed by atoms with van der Waals surface area (Å²) < 4.78 is 65.7. The Morgan fingerprint density at radius 1 is 0.912 bits per heavy atom. The van der Waals surface area contributed by atoms with Crippen molar-refractivity contribution in [3.8, 4) is 0 Å². The quantitative estimate of drug-likeness (QED) is 0.223. The van der Waals surface area contributed by atoms with Crippen molar-refractivity contribution in [2.75, 3.05) is 10.6 Å². The number of amides is 2. The second kappa shape index (κ2) is 9.93. The minimum Gasteiger partial charge on any atom is -0.384 e. The molecule has 0 spiro atoms. The fourth-order valence-electron chi connectivity index (χ4n) is 2.96. The molecule has 0 unspecified atom stereocenters. The van der Waals surface area contributed by atoms with Gasteiger partial charge in [-0.3, -0.25) is 5.41 Å². The number of alkyl halides is 3. The summed E-state index contributed by atoms with van der Waals surface area (Å²) in [5, 5.41) is 12.4. The summed E-state index contributed by atoms with van der Waals surface area (Å²) in [6, 6.07) is 17.3. The number of carbonyl (C=O) groups is 1. The SMILES string of the molecule is N=C(N)c1cccc(NC(=O)Nc2ccc(S(=O)(=O)N(Cc3ccccc3)C(F)(F)F)cc2)c1. The van der Waals surface area contributed by atoms with Crippen LogP contribution in [-0.4, -0.2) is 30.9 Å². The Morgan fingerprint density at radius 3 is 2.12 bits per heavy atom. The predicted molar refractivity (Wildman–Crippen MR) is 122 cm³/mol. The number of amidine groups is 1. The molecule has 8 nitrogen and oxygen atoms in total. The van der Waals surface area contributed by atoms with Gasteiger partial charge in [-0.2, -0.15) is 13.2 Å². The van der Waals surface area contributed by atoms with E-state index in [1.165, 1.54) is 42.5 Å². The molecule has 0 saturated heterocycles. The van der Waals surface area contributed by atoms with Crippen LogP contribution in [0.25, 0.3) is 0 Å². The van der Waals surface area contributed by atoms with Gasteiger partial charge in [0.15, 0.2) is 0 Å². The minimum absolute atomic E-state index is 0.154. The van der Waals surface area contributed by atoms with Gasteiger partial charge >= 0.3 is 12.3 Å². The Kier molecular flexibility index (Phi) is 7.23. The maximum absolute atomic E-state index is 13.6. The van der Waals surface area contributed by atoms with E-state index in [1.54, 1.807) is 24.3 Å². The van der Waals surface area contributed by atoms with Gasteiger partial charge in [0.05, 0.1) is 4.90 Å². The molecule has 3 rings (SSSR count). The van der Waals surface area contributed by atoms with Crippen LogP contribution in [-0.2, 0) is 16.6 Å². The number of rotatable bonds is 7. The van der Waals surface area contributed by atoms with Crippen molar-refractivity contribution in [3.63, 3.8) is 0 Å². The predicted octanol–water partition coefficient (Wildman–Crippen LogP) is 4.33. The highest BCUT2D eigenvalue weighted by Crippen LogP contribution is 2.31.